The molecule has 1 N–H and O–H groups in total. The second-order valence-electron chi connectivity index (χ2n) is 6.57. The van der Waals surface area contributed by atoms with Crippen LogP contribution in [0.5, 0.6) is 0 Å². The van der Waals surface area contributed by atoms with Crippen LogP contribution in [0.1, 0.15) is 25.7 Å². The zero-order valence-corrected chi connectivity index (χ0v) is 16.9. The summed E-state index contributed by atoms with van der Waals surface area (Å²) in [5, 5.41) is 1.17. The molecule has 1 aliphatic carbocycles. The van der Waals surface area contributed by atoms with E-state index < -0.39 is 10.0 Å². The average Bonchev–Trinajstić information content (AvgIpc) is 3.06. The number of oxazole rings is 1. The lowest BCUT2D eigenvalue weighted by molar-refractivity contribution is 0.417. The molecule has 1 saturated carbocycles. The third-order valence-corrected chi connectivity index (χ3v) is 7.66. The van der Waals surface area contributed by atoms with Crippen LogP contribution in [0.2, 0.25) is 5.02 Å². The van der Waals surface area contributed by atoms with Crippen molar-refractivity contribution in [1.29, 1.82) is 0 Å². The summed E-state index contributed by atoms with van der Waals surface area (Å²) in [6.45, 7) is 0. The van der Waals surface area contributed by atoms with E-state index in [1.54, 1.807) is 12.1 Å². The summed E-state index contributed by atoms with van der Waals surface area (Å²) in [7, 11) is -3.60. The molecule has 1 aromatic heterocycles. The van der Waals surface area contributed by atoms with Crippen molar-refractivity contribution in [3.8, 4) is 0 Å². The number of hydrogen-bond acceptors (Lipinski definition) is 5. The van der Waals surface area contributed by atoms with Crippen molar-refractivity contribution in [1.82, 2.24) is 9.71 Å². The summed E-state index contributed by atoms with van der Waals surface area (Å²) < 4.78 is 34.2. The van der Waals surface area contributed by atoms with Crippen molar-refractivity contribution in [2.24, 2.45) is 0 Å². The Morgan fingerprint density at radius 2 is 1.81 bits per heavy atom. The Kier molecular flexibility index (Phi) is 5.45. The molecule has 3 aromatic rings. The van der Waals surface area contributed by atoms with Gasteiger partial charge in [0.2, 0.25) is 10.0 Å². The number of benzene rings is 2. The van der Waals surface area contributed by atoms with Crippen molar-refractivity contribution in [2.75, 3.05) is 0 Å². The number of thioether (sulfide) groups is 1. The second-order valence-corrected chi connectivity index (χ2v) is 9.91. The first-order valence-corrected chi connectivity index (χ1v) is 11.6. The molecule has 0 bridgehead atoms. The maximum absolute atomic E-state index is 12.7. The Bertz CT molecular complexity index is 1000. The molecule has 4 rings (SSSR count). The molecule has 0 spiro atoms. The Morgan fingerprint density at radius 1 is 1.07 bits per heavy atom. The van der Waals surface area contributed by atoms with Crippen LogP contribution in [-0.2, 0) is 10.0 Å². The van der Waals surface area contributed by atoms with E-state index >= 15 is 0 Å². The van der Waals surface area contributed by atoms with Crippen LogP contribution >= 0.6 is 23.4 Å². The van der Waals surface area contributed by atoms with Crippen molar-refractivity contribution in [2.45, 2.75) is 47.1 Å². The first kappa shape index (κ1) is 18.8. The molecule has 27 heavy (non-hydrogen) atoms. The van der Waals surface area contributed by atoms with Crippen LogP contribution < -0.4 is 4.72 Å². The van der Waals surface area contributed by atoms with Crippen LogP contribution in [-0.4, -0.2) is 24.7 Å². The highest BCUT2D eigenvalue weighted by atomic mass is 35.5. The van der Waals surface area contributed by atoms with Gasteiger partial charge in [-0.05, 0) is 49.2 Å². The lowest BCUT2D eigenvalue weighted by atomic mass is 9.96. The third kappa shape index (κ3) is 4.32. The third-order valence-electron chi connectivity index (χ3n) is 4.66. The molecule has 1 heterocycles. The van der Waals surface area contributed by atoms with Gasteiger partial charge in [-0.2, -0.15) is 0 Å². The molecule has 8 heteroatoms. The molecule has 0 saturated heterocycles. The fourth-order valence-corrected chi connectivity index (χ4v) is 6.01. The van der Waals surface area contributed by atoms with Crippen molar-refractivity contribution in [3.63, 3.8) is 0 Å². The highest BCUT2D eigenvalue weighted by Gasteiger charge is 2.31. The largest absolute Gasteiger partial charge is 0.431 e. The van der Waals surface area contributed by atoms with Gasteiger partial charge in [0.1, 0.15) is 5.52 Å². The number of hydrogen-bond donors (Lipinski definition) is 1. The smallest absolute Gasteiger partial charge is 0.257 e. The lowest BCUT2D eigenvalue weighted by Crippen LogP contribution is -2.43. The van der Waals surface area contributed by atoms with Gasteiger partial charge < -0.3 is 4.42 Å². The van der Waals surface area contributed by atoms with Gasteiger partial charge in [0, 0.05) is 16.3 Å². The summed E-state index contributed by atoms with van der Waals surface area (Å²) in [5.41, 5.74) is 1.56. The van der Waals surface area contributed by atoms with E-state index in [0.29, 0.717) is 10.2 Å². The molecule has 1 fully saturated rings. The standard InChI is InChI=1S/C19H19ClN2O3S2/c20-13-9-11-14(12-10-13)27(23,24)22-16-6-2-4-8-18(16)26-19-21-15-5-1-3-7-17(15)25-19/h1,3,5,7,9-12,16,18,22H,2,4,6,8H2/t16-,18+/m1/s1. The van der Waals surface area contributed by atoms with Crippen LogP contribution in [0.15, 0.2) is 63.1 Å². The highest BCUT2D eigenvalue weighted by Crippen LogP contribution is 2.35. The quantitative estimate of drug-likeness (QED) is 0.635. The Labute approximate surface area is 167 Å². The maximum atomic E-state index is 12.7. The van der Waals surface area contributed by atoms with Gasteiger partial charge in [-0.25, -0.2) is 18.1 Å². The molecule has 0 aliphatic heterocycles. The minimum Gasteiger partial charge on any atom is -0.431 e. The van der Waals surface area contributed by atoms with E-state index in [4.69, 9.17) is 16.0 Å². The van der Waals surface area contributed by atoms with Gasteiger partial charge in [0.05, 0.1) is 4.90 Å². The van der Waals surface area contributed by atoms with Crippen LogP contribution in [0.25, 0.3) is 11.1 Å². The van der Waals surface area contributed by atoms with E-state index in [9.17, 15) is 8.42 Å². The average molecular weight is 423 g/mol. The van der Waals surface area contributed by atoms with Crippen molar-refractivity contribution in [3.05, 3.63) is 53.6 Å². The van der Waals surface area contributed by atoms with E-state index in [1.807, 2.05) is 24.3 Å². The highest BCUT2D eigenvalue weighted by molar-refractivity contribution is 7.99. The molecule has 2 aromatic carbocycles. The maximum Gasteiger partial charge on any atom is 0.257 e. The summed E-state index contributed by atoms with van der Waals surface area (Å²) in [6, 6.07) is 13.7. The number of nitrogens with one attached hydrogen (secondary N) is 1. The summed E-state index contributed by atoms with van der Waals surface area (Å²) >= 11 is 7.38. The molecule has 0 radical (unpaired) electrons. The lowest BCUT2D eigenvalue weighted by Gasteiger charge is -2.30. The van der Waals surface area contributed by atoms with Crippen molar-refractivity contribution < 1.29 is 12.8 Å². The zero-order valence-electron chi connectivity index (χ0n) is 14.5. The molecule has 1 aliphatic rings. The number of fused-ring (bicyclic) bond motifs is 1. The SMILES string of the molecule is O=S(=O)(N[C@@H]1CCCC[C@@H]1Sc1nc2ccccc2o1)c1ccc(Cl)cc1. The number of halogens is 1. The summed E-state index contributed by atoms with van der Waals surface area (Å²) in [6.07, 6.45) is 3.78. The van der Waals surface area contributed by atoms with Gasteiger partial charge in [0.15, 0.2) is 5.58 Å². The summed E-state index contributed by atoms with van der Waals surface area (Å²) in [4.78, 5) is 4.74. The Morgan fingerprint density at radius 3 is 2.59 bits per heavy atom. The number of rotatable bonds is 5. The minimum absolute atomic E-state index is 0.0777. The normalized spacial score (nSPS) is 20.8. The predicted octanol–water partition coefficient (Wildman–Crippen LogP) is 4.86. The molecule has 5 nitrogen and oxygen atoms in total. The first-order valence-electron chi connectivity index (χ1n) is 8.81. The van der Waals surface area contributed by atoms with Crippen LogP contribution in [0.3, 0.4) is 0 Å². The van der Waals surface area contributed by atoms with E-state index in [-0.39, 0.29) is 16.2 Å². The topological polar surface area (TPSA) is 72.2 Å². The number of sulfonamides is 1. The van der Waals surface area contributed by atoms with Crippen molar-refractivity contribution >= 4 is 44.5 Å². The number of para-hydroxylation sites is 2. The van der Waals surface area contributed by atoms with Crippen LogP contribution in [0, 0.1) is 0 Å². The van der Waals surface area contributed by atoms with Gasteiger partial charge in [-0.15, -0.1) is 0 Å². The first-order chi connectivity index (χ1) is 13.0. The molecule has 142 valence electrons. The van der Waals surface area contributed by atoms with Crippen LogP contribution in [0.4, 0.5) is 0 Å². The fourth-order valence-electron chi connectivity index (χ4n) is 3.28. The molecule has 0 amide bonds. The van der Waals surface area contributed by atoms with E-state index in [1.165, 1.54) is 23.9 Å². The monoisotopic (exact) mass is 422 g/mol. The second kappa shape index (κ2) is 7.83. The number of nitrogens with zero attached hydrogens (tertiary/aromatic N) is 1. The van der Waals surface area contributed by atoms with Gasteiger partial charge >= 0.3 is 0 Å². The number of aromatic nitrogens is 1. The molecule has 0 unspecified atom stereocenters. The predicted molar refractivity (Wildman–Crippen MR) is 108 cm³/mol. The minimum atomic E-state index is -3.60. The van der Waals surface area contributed by atoms with Gasteiger partial charge in [0.25, 0.3) is 5.22 Å². The molecule has 2 atom stereocenters. The molecular weight excluding hydrogens is 404 g/mol. The zero-order chi connectivity index (χ0) is 18.9. The van der Waals surface area contributed by atoms with E-state index in [0.717, 1.165) is 36.8 Å². The van der Waals surface area contributed by atoms with E-state index in [2.05, 4.69) is 9.71 Å². The Balaban J connectivity index is 1.52. The fraction of sp³-hybridized carbons (Fsp3) is 0.316. The Hall–Kier alpha value is -1.54. The van der Waals surface area contributed by atoms with Gasteiger partial charge in [-0.1, -0.05) is 48.3 Å². The molecular formula is C19H19ClN2O3S2. The summed E-state index contributed by atoms with van der Waals surface area (Å²) in [5.74, 6) is 0. The van der Waals surface area contributed by atoms with Gasteiger partial charge in [-0.3, -0.25) is 0 Å².